The van der Waals surface area contributed by atoms with Gasteiger partial charge in [0.05, 0.1) is 0 Å². The molecule has 80 valence electrons. The van der Waals surface area contributed by atoms with Gasteiger partial charge in [0.25, 0.3) is 0 Å². The summed E-state index contributed by atoms with van der Waals surface area (Å²) in [6.45, 7) is 5.14. The second-order valence-corrected chi connectivity index (χ2v) is 3.24. The summed E-state index contributed by atoms with van der Waals surface area (Å²) >= 11 is 0. The van der Waals surface area contributed by atoms with Gasteiger partial charge in [-0.3, -0.25) is 0 Å². The SMILES string of the molecule is C=CCc1cccc(OC(C)C(=O)O)c1. The van der Waals surface area contributed by atoms with Gasteiger partial charge in [-0.25, -0.2) is 4.79 Å². The maximum atomic E-state index is 10.6. The largest absolute Gasteiger partial charge is 0.479 e. The van der Waals surface area contributed by atoms with E-state index in [9.17, 15) is 4.79 Å². The first-order valence-electron chi connectivity index (χ1n) is 4.72. The minimum absolute atomic E-state index is 0.573. The Hall–Kier alpha value is -1.77. The van der Waals surface area contributed by atoms with Crippen LogP contribution in [0.25, 0.3) is 0 Å². The molecular formula is C12H14O3. The van der Waals surface area contributed by atoms with Crippen LogP contribution >= 0.6 is 0 Å². The van der Waals surface area contributed by atoms with Crippen molar-refractivity contribution in [3.63, 3.8) is 0 Å². The number of ether oxygens (including phenoxy) is 1. The van der Waals surface area contributed by atoms with E-state index < -0.39 is 12.1 Å². The van der Waals surface area contributed by atoms with Gasteiger partial charge in [0, 0.05) is 0 Å². The molecule has 0 saturated heterocycles. The van der Waals surface area contributed by atoms with Gasteiger partial charge in [0.1, 0.15) is 5.75 Å². The van der Waals surface area contributed by atoms with Gasteiger partial charge in [0.2, 0.25) is 0 Å². The first kappa shape index (κ1) is 11.3. The molecule has 0 saturated carbocycles. The topological polar surface area (TPSA) is 46.5 Å². The summed E-state index contributed by atoms with van der Waals surface area (Å²) in [4.78, 5) is 10.6. The third-order valence-corrected chi connectivity index (χ3v) is 1.94. The van der Waals surface area contributed by atoms with E-state index >= 15 is 0 Å². The highest BCUT2D eigenvalue weighted by Gasteiger charge is 2.11. The van der Waals surface area contributed by atoms with Crippen LogP contribution in [0.4, 0.5) is 0 Å². The molecule has 1 aromatic rings. The van der Waals surface area contributed by atoms with Crippen LogP contribution in [-0.4, -0.2) is 17.2 Å². The van der Waals surface area contributed by atoms with Crippen molar-refractivity contribution in [3.8, 4) is 5.75 Å². The highest BCUT2D eigenvalue weighted by molar-refractivity contribution is 5.72. The Labute approximate surface area is 89.0 Å². The molecular weight excluding hydrogens is 192 g/mol. The molecule has 1 rings (SSSR count). The zero-order valence-electron chi connectivity index (χ0n) is 8.64. The molecule has 3 heteroatoms. The van der Waals surface area contributed by atoms with Crippen LogP contribution in [0.5, 0.6) is 5.75 Å². The summed E-state index contributed by atoms with van der Waals surface area (Å²) in [7, 11) is 0. The molecule has 0 aliphatic rings. The Morgan fingerprint density at radius 3 is 3.00 bits per heavy atom. The fourth-order valence-electron chi connectivity index (χ4n) is 1.17. The molecule has 1 unspecified atom stereocenters. The average Bonchev–Trinajstić information content (AvgIpc) is 2.18. The summed E-state index contributed by atoms with van der Waals surface area (Å²) in [6.07, 6.45) is 1.71. The fourth-order valence-corrected chi connectivity index (χ4v) is 1.17. The summed E-state index contributed by atoms with van der Waals surface area (Å²) in [5.41, 5.74) is 1.06. The van der Waals surface area contributed by atoms with Gasteiger partial charge in [-0.15, -0.1) is 6.58 Å². The Morgan fingerprint density at radius 1 is 1.67 bits per heavy atom. The van der Waals surface area contributed by atoms with Crippen LogP contribution in [0.2, 0.25) is 0 Å². The van der Waals surface area contributed by atoms with Crippen molar-refractivity contribution in [1.29, 1.82) is 0 Å². The molecule has 0 bridgehead atoms. The van der Waals surface area contributed by atoms with Crippen molar-refractivity contribution in [2.45, 2.75) is 19.4 Å². The van der Waals surface area contributed by atoms with Gasteiger partial charge in [-0.05, 0) is 31.0 Å². The van der Waals surface area contributed by atoms with Crippen molar-refractivity contribution >= 4 is 5.97 Å². The van der Waals surface area contributed by atoms with Crippen LogP contribution in [0.3, 0.4) is 0 Å². The second-order valence-electron chi connectivity index (χ2n) is 3.24. The number of carbonyl (C=O) groups is 1. The van der Waals surface area contributed by atoms with Crippen molar-refractivity contribution in [2.24, 2.45) is 0 Å². The van der Waals surface area contributed by atoms with Gasteiger partial charge < -0.3 is 9.84 Å². The minimum Gasteiger partial charge on any atom is -0.479 e. The van der Waals surface area contributed by atoms with Crippen LogP contribution in [0, 0.1) is 0 Å². The van der Waals surface area contributed by atoms with E-state index in [1.807, 2.05) is 18.2 Å². The number of carboxylic acid groups (broad SMARTS) is 1. The lowest BCUT2D eigenvalue weighted by Crippen LogP contribution is -2.22. The van der Waals surface area contributed by atoms with Gasteiger partial charge in [-0.2, -0.15) is 0 Å². The zero-order chi connectivity index (χ0) is 11.3. The maximum Gasteiger partial charge on any atom is 0.344 e. The highest BCUT2D eigenvalue weighted by Crippen LogP contribution is 2.15. The minimum atomic E-state index is -0.968. The van der Waals surface area contributed by atoms with Crippen LogP contribution < -0.4 is 4.74 Å². The van der Waals surface area contributed by atoms with E-state index in [4.69, 9.17) is 9.84 Å². The maximum absolute atomic E-state index is 10.6. The smallest absolute Gasteiger partial charge is 0.344 e. The number of hydrogen-bond acceptors (Lipinski definition) is 2. The Balaban J connectivity index is 2.72. The third kappa shape index (κ3) is 3.46. The van der Waals surface area contributed by atoms with Gasteiger partial charge in [-0.1, -0.05) is 18.2 Å². The summed E-state index contributed by atoms with van der Waals surface area (Å²) in [6, 6.07) is 7.34. The number of aliphatic carboxylic acids is 1. The lowest BCUT2D eigenvalue weighted by atomic mass is 10.1. The molecule has 0 aliphatic carbocycles. The van der Waals surface area contributed by atoms with Gasteiger partial charge >= 0.3 is 5.97 Å². The van der Waals surface area contributed by atoms with Crippen molar-refractivity contribution in [1.82, 2.24) is 0 Å². The number of allylic oxidation sites excluding steroid dienone is 1. The molecule has 15 heavy (non-hydrogen) atoms. The predicted octanol–water partition coefficient (Wildman–Crippen LogP) is 2.27. The number of rotatable bonds is 5. The first-order chi connectivity index (χ1) is 7.13. The van der Waals surface area contributed by atoms with E-state index in [2.05, 4.69) is 6.58 Å². The van der Waals surface area contributed by atoms with E-state index in [1.54, 1.807) is 12.1 Å². The Morgan fingerprint density at radius 2 is 2.40 bits per heavy atom. The fraction of sp³-hybridized carbons (Fsp3) is 0.250. The molecule has 1 atom stereocenters. The quantitative estimate of drug-likeness (QED) is 0.752. The number of hydrogen-bond donors (Lipinski definition) is 1. The predicted molar refractivity (Wildman–Crippen MR) is 58.1 cm³/mol. The summed E-state index contributed by atoms with van der Waals surface area (Å²) < 4.78 is 5.23. The van der Waals surface area contributed by atoms with Crippen molar-refractivity contribution < 1.29 is 14.6 Å². The molecule has 0 aliphatic heterocycles. The van der Waals surface area contributed by atoms with Crippen LogP contribution in [0.1, 0.15) is 12.5 Å². The molecule has 0 fully saturated rings. The van der Waals surface area contributed by atoms with Crippen LogP contribution in [0.15, 0.2) is 36.9 Å². The summed E-state index contributed by atoms with van der Waals surface area (Å²) in [5.74, 6) is -0.395. The van der Waals surface area contributed by atoms with Gasteiger partial charge in [0.15, 0.2) is 6.10 Å². The zero-order valence-corrected chi connectivity index (χ0v) is 8.64. The lowest BCUT2D eigenvalue weighted by molar-refractivity contribution is -0.144. The molecule has 1 N–H and O–H groups in total. The molecule has 0 heterocycles. The standard InChI is InChI=1S/C12H14O3/c1-3-5-10-6-4-7-11(8-10)15-9(2)12(13)14/h3-4,6-9H,1,5H2,2H3,(H,13,14). The van der Waals surface area contributed by atoms with Crippen molar-refractivity contribution in [3.05, 3.63) is 42.5 Å². The van der Waals surface area contributed by atoms with Crippen molar-refractivity contribution in [2.75, 3.05) is 0 Å². The number of carboxylic acids is 1. The third-order valence-electron chi connectivity index (χ3n) is 1.94. The number of benzene rings is 1. The normalized spacial score (nSPS) is 11.8. The van der Waals surface area contributed by atoms with E-state index in [1.165, 1.54) is 6.92 Å². The van der Waals surface area contributed by atoms with E-state index in [-0.39, 0.29) is 0 Å². The Kier molecular flexibility index (Phi) is 3.92. The van der Waals surface area contributed by atoms with Crippen LogP contribution in [-0.2, 0) is 11.2 Å². The molecule has 1 aromatic carbocycles. The Bertz CT molecular complexity index is 358. The molecule has 0 radical (unpaired) electrons. The lowest BCUT2D eigenvalue weighted by Gasteiger charge is -2.10. The van der Waals surface area contributed by atoms with E-state index in [0.29, 0.717) is 5.75 Å². The highest BCUT2D eigenvalue weighted by atomic mass is 16.5. The summed E-state index contributed by atoms with van der Waals surface area (Å²) in [5, 5.41) is 8.67. The molecule has 3 nitrogen and oxygen atoms in total. The molecule has 0 spiro atoms. The first-order valence-corrected chi connectivity index (χ1v) is 4.72. The second kappa shape index (κ2) is 5.20. The monoisotopic (exact) mass is 206 g/mol. The van der Waals surface area contributed by atoms with E-state index in [0.717, 1.165) is 12.0 Å². The molecule has 0 amide bonds. The average molecular weight is 206 g/mol. The molecule has 0 aromatic heterocycles.